The predicted molar refractivity (Wildman–Crippen MR) is 68.6 cm³/mol. The Bertz CT molecular complexity index is 416. The molecule has 1 aromatic carbocycles. The van der Waals surface area contributed by atoms with Crippen LogP contribution >= 0.6 is 15.9 Å². The van der Waals surface area contributed by atoms with Crippen molar-refractivity contribution < 1.29 is 14.6 Å². The molecular weight excluding hydrogens is 286 g/mol. The van der Waals surface area contributed by atoms with E-state index >= 15 is 0 Å². The molecule has 1 aliphatic rings. The minimum atomic E-state index is -0.926. The van der Waals surface area contributed by atoms with Crippen LogP contribution < -0.4 is 5.32 Å². The van der Waals surface area contributed by atoms with Gasteiger partial charge in [-0.1, -0.05) is 0 Å². The summed E-state index contributed by atoms with van der Waals surface area (Å²) in [6, 6.07) is 5.48. The number of aromatic carboxylic acids is 1. The third kappa shape index (κ3) is 3.20. The molecule has 92 valence electrons. The number of nitrogens with one attached hydrogen (secondary N) is 1. The number of carboxylic acids is 1. The van der Waals surface area contributed by atoms with E-state index < -0.39 is 5.97 Å². The summed E-state index contributed by atoms with van der Waals surface area (Å²) in [6.07, 6.45) is 2.14. The number of anilines is 1. The molecule has 1 aliphatic heterocycles. The Balaban J connectivity index is 2.06. The summed E-state index contributed by atoms with van der Waals surface area (Å²) < 4.78 is 5.97. The summed E-state index contributed by atoms with van der Waals surface area (Å²) in [7, 11) is 0. The standard InChI is InChI=1S/C12H14BrNO3/c13-11-6-8(3-4-10(11)12(15)16)14-9-2-1-5-17-7-9/h3-4,6,9,14H,1-2,5,7H2,(H,15,16). The SMILES string of the molecule is O=C(O)c1ccc(NC2CCCOC2)cc1Br. The Labute approximate surface area is 108 Å². The smallest absolute Gasteiger partial charge is 0.336 e. The highest BCUT2D eigenvalue weighted by Gasteiger charge is 2.14. The lowest BCUT2D eigenvalue weighted by atomic mass is 10.1. The van der Waals surface area contributed by atoms with E-state index in [0.717, 1.165) is 25.1 Å². The Morgan fingerprint density at radius 2 is 2.35 bits per heavy atom. The molecule has 1 fully saturated rings. The largest absolute Gasteiger partial charge is 0.478 e. The van der Waals surface area contributed by atoms with Crippen molar-refractivity contribution in [1.82, 2.24) is 0 Å². The highest BCUT2D eigenvalue weighted by Crippen LogP contribution is 2.23. The second kappa shape index (κ2) is 5.51. The number of hydrogen-bond donors (Lipinski definition) is 2. The third-order valence-corrected chi connectivity index (χ3v) is 3.39. The first-order valence-electron chi connectivity index (χ1n) is 5.54. The summed E-state index contributed by atoms with van der Waals surface area (Å²) in [6.45, 7) is 1.54. The van der Waals surface area contributed by atoms with Crippen molar-refractivity contribution >= 4 is 27.6 Å². The zero-order valence-corrected chi connectivity index (χ0v) is 10.9. The molecule has 1 unspecified atom stereocenters. The van der Waals surface area contributed by atoms with Gasteiger partial charge >= 0.3 is 5.97 Å². The number of halogens is 1. The van der Waals surface area contributed by atoms with Crippen molar-refractivity contribution in [3.05, 3.63) is 28.2 Å². The normalized spacial score (nSPS) is 19.9. The van der Waals surface area contributed by atoms with E-state index in [1.807, 2.05) is 0 Å². The van der Waals surface area contributed by atoms with Gasteiger partial charge in [0.15, 0.2) is 0 Å². The van der Waals surface area contributed by atoms with Crippen LogP contribution in [0.3, 0.4) is 0 Å². The van der Waals surface area contributed by atoms with Crippen LogP contribution in [0.5, 0.6) is 0 Å². The van der Waals surface area contributed by atoms with E-state index in [1.54, 1.807) is 18.2 Å². The maximum Gasteiger partial charge on any atom is 0.336 e. The van der Waals surface area contributed by atoms with E-state index in [0.29, 0.717) is 17.1 Å². The van der Waals surface area contributed by atoms with Gasteiger partial charge in [-0.25, -0.2) is 4.79 Å². The van der Waals surface area contributed by atoms with E-state index in [2.05, 4.69) is 21.2 Å². The summed E-state index contributed by atoms with van der Waals surface area (Å²) in [5.74, 6) is -0.926. The molecule has 2 rings (SSSR count). The number of ether oxygens (including phenoxy) is 1. The molecular formula is C12H14BrNO3. The number of rotatable bonds is 3. The average molecular weight is 300 g/mol. The molecule has 0 saturated carbocycles. The molecule has 0 aromatic heterocycles. The van der Waals surface area contributed by atoms with Crippen molar-refractivity contribution in [1.29, 1.82) is 0 Å². The van der Waals surface area contributed by atoms with Crippen molar-refractivity contribution in [2.75, 3.05) is 18.5 Å². The van der Waals surface area contributed by atoms with Gasteiger partial charge in [-0.2, -0.15) is 0 Å². The van der Waals surface area contributed by atoms with Crippen LogP contribution in [0.4, 0.5) is 5.69 Å². The monoisotopic (exact) mass is 299 g/mol. The number of benzene rings is 1. The molecule has 0 amide bonds. The zero-order chi connectivity index (χ0) is 12.3. The van der Waals surface area contributed by atoms with Gasteiger partial charge in [-0.15, -0.1) is 0 Å². The van der Waals surface area contributed by atoms with Gasteiger partial charge in [0.05, 0.1) is 12.2 Å². The topological polar surface area (TPSA) is 58.6 Å². The lowest BCUT2D eigenvalue weighted by Crippen LogP contribution is -2.29. The molecule has 0 spiro atoms. The fraction of sp³-hybridized carbons (Fsp3) is 0.417. The first-order chi connectivity index (χ1) is 8.16. The first-order valence-corrected chi connectivity index (χ1v) is 6.33. The van der Waals surface area contributed by atoms with Crippen LogP contribution in [0.15, 0.2) is 22.7 Å². The van der Waals surface area contributed by atoms with E-state index in [4.69, 9.17) is 9.84 Å². The van der Waals surface area contributed by atoms with Crippen molar-refractivity contribution in [3.63, 3.8) is 0 Å². The molecule has 1 saturated heterocycles. The molecule has 1 atom stereocenters. The highest BCUT2D eigenvalue weighted by atomic mass is 79.9. The maximum atomic E-state index is 10.9. The Kier molecular flexibility index (Phi) is 4.02. The van der Waals surface area contributed by atoms with Gasteiger partial charge in [0.1, 0.15) is 0 Å². The third-order valence-electron chi connectivity index (χ3n) is 2.73. The van der Waals surface area contributed by atoms with Crippen LogP contribution in [0.2, 0.25) is 0 Å². The summed E-state index contributed by atoms with van der Waals surface area (Å²) in [5.41, 5.74) is 1.19. The Morgan fingerprint density at radius 3 is 2.94 bits per heavy atom. The summed E-state index contributed by atoms with van der Waals surface area (Å²) in [4.78, 5) is 10.9. The average Bonchev–Trinajstić information content (AvgIpc) is 2.30. The van der Waals surface area contributed by atoms with Crippen LogP contribution in [-0.4, -0.2) is 30.3 Å². The van der Waals surface area contributed by atoms with Gasteiger partial charge < -0.3 is 15.2 Å². The van der Waals surface area contributed by atoms with Crippen molar-refractivity contribution in [3.8, 4) is 0 Å². The summed E-state index contributed by atoms with van der Waals surface area (Å²) >= 11 is 3.26. The minimum absolute atomic E-state index is 0.274. The van der Waals surface area contributed by atoms with Gasteiger partial charge in [-0.3, -0.25) is 0 Å². The lowest BCUT2D eigenvalue weighted by molar-refractivity contribution is 0.0696. The molecule has 2 N–H and O–H groups in total. The van der Waals surface area contributed by atoms with Crippen LogP contribution in [0, 0.1) is 0 Å². The predicted octanol–water partition coefficient (Wildman–Crippen LogP) is 2.74. The van der Waals surface area contributed by atoms with Crippen LogP contribution in [-0.2, 0) is 4.74 Å². The first kappa shape index (κ1) is 12.4. The molecule has 0 aliphatic carbocycles. The molecule has 5 heteroatoms. The minimum Gasteiger partial charge on any atom is -0.478 e. The number of carbonyl (C=O) groups is 1. The second-order valence-corrected chi connectivity index (χ2v) is 4.91. The quantitative estimate of drug-likeness (QED) is 0.901. The molecule has 1 aromatic rings. The van der Waals surface area contributed by atoms with Gasteiger partial charge in [0, 0.05) is 22.8 Å². The highest BCUT2D eigenvalue weighted by molar-refractivity contribution is 9.10. The van der Waals surface area contributed by atoms with Gasteiger partial charge in [0.25, 0.3) is 0 Å². The Morgan fingerprint density at radius 1 is 1.53 bits per heavy atom. The maximum absolute atomic E-state index is 10.9. The van der Waals surface area contributed by atoms with E-state index in [-0.39, 0.29) is 5.56 Å². The lowest BCUT2D eigenvalue weighted by Gasteiger charge is -2.24. The van der Waals surface area contributed by atoms with Crippen molar-refractivity contribution in [2.45, 2.75) is 18.9 Å². The van der Waals surface area contributed by atoms with E-state index in [9.17, 15) is 4.79 Å². The molecule has 1 heterocycles. The Hall–Kier alpha value is -1.07. The fourth-order valence-electron chi connectivity index (χ4n) is 1.87. The fourth-order valence-corrected chi connectivity index (χ4v) is 2.42. The molecule has 0 bridgehead atoms. The number of carboxylic acid groups (broad SMARTS) is 1. The van der Waals surface area contributed by atoms with Crippen molar-refractivity contribution in [2.24, 2.45) is 0 Å². The van der Waals surface area contributed by atoms with Crippen LogP contribution in [0.1, 0.15) is 23.2 Å². The number of hydrogen-bond acceptors (Lipinski definition) is 3. The summed E-state index contributed by atoms with van der Waals surface area (Å²) in [5, 5.41) is 12.2. The zero-order valence-electron chi connectivity index (χ0n) is 9.28. The van der Waals surface area contributed by atoms with Crippen LogP contribution in [0.25, 0.3) is 0 Å². The molecule has 4 nitrogen and oxygen atoms in total. The molecule has 17 heavy (non-hydrogen) atoms. The van der Waals surface area contributed by atoms with E-state index in [1.165, 1.54) is 0 Å². The van der Waals surface area contributed by atoms with Gasteiger partial charge in [-0.05, 0) is 47.0 Å². The second-order valence-electron chi connectivity index (χ2n) is 4.06. The molecule has 0 radical (unpaired) electrons. The van der Waals surface area contributed by atoms with Gasteiger partial charge in [0.2, 0.25) is 0 Å².